The predicted octanol–water partition coefficient (Wildman–Crippen LogP) is 2.00. The molecule has 0 unspecified atom stereocenters. The van der Waals surface area contributed by atoms with E-state index in [1.807, 2.05) is 19.9 Å². The van der Waals surface area contributed by atoms with E-state index in [1.54, 1.807) is 24.9 Å². The van der Waals surface area contributed by atoms with Crippen LogP contribution in [0.2, 0.25) is 0 Å². The highest BCUT2D eigenvalue weighted by atomic mass is 16.3. The fourth-order valence-electron chi connectivity index (χ4n) is 2.61. The van der Waals surface area contributed by atoms with E-state index in [0.717, 1.165) is 23.2 Å². The van der Waals surface area contributed by atoms with Crippen LogP contribution in [0.25, 0.3) is 0 Å². The summed E-state index contributed by atoms with van der Waals surface area (Å²) >= 11 is 0. The van der Waals surface area contributed by atoms with Crippen LogP contribution in [0, 0.1) is 19.8 Å². The van der Waals surface area contributed by atoms with Gasteiger partial charge in [-0.05, 0) is 45.2 Å². The van der Waals surface area contributed by atoms with E-state index >= 15 is 0 Å². The van der Waals surface area contributed by atoms with Gasteiger partial charge in [0.25, 0.3) is 0 Å². The van der Waals surface area contributed by atoms with Crippen LogP contribution in [-0.4, -0.2) is 39.7 Å². The van der Waals surface area contributed by atoms with E-state index in [1.165, 1.54) is 0 Å². The molecule has 5 nitrogen and oxygen atoms in total. The third-order valence-electron chi connectivity index (χ3n) is 4.31. The minimum Gasteiger partial charge on any atom is -0.390 e. The van der Waals surface area contributed by atoms with E-state index in [-0.39, 0.29) is 11.9 Å². The second-order valence-corrected chi connectivity index (χ2v) is 6.49. The number of hydrogen-bond acceptors (Lipinski definition) is 3. The molecule has 2 heterocycles. The first-order valence-electron chi connectivity index (χ1n) is 7.44. The van der Waals surface area contributed by atoms with Crippen molar-refractivity contribution in [2.24, 2.45) is 5.92 Å². The van der Waals surface area contributed by atoms with Crippen molar-refractivity contribution < 1.29 is 9.90 Å². The molecule has 2 amide bonds. The van der Waals surface area contributed by atoms with Gasteiger partial charge in [0, 0.05) is 37.4 Å². The van der Waals surface area contributed by atoms with Crippen LogP contribution in [0.15, 0.2) is 12.3 Å². The van der Waals surface area contributed by atoms with Gasteiger partial charge in [0.1, 0.15) is 0 Å². The normalized spacial score (nSPS) is 18.9. The van der Waals surface area contributed by atoms with Crippen molar-refractivity contribution in [2.75, 3.05) is 13.1 Å². The molecular weight excluding hydrogens is 266 g/mol. The molecule has 1 aromatic rings. The van der Waals surface area contributed by atoms with Gasteiger partial charge in [-0.1, -0.05) is 6.07 Å². The number of aryl methyl sites for hydroxylation is 2. The number of carbonyl (C=O) groups excluding carboxylic acids is 1. The van der Waals surface area contributed by atoms with Crippen LogP contribution in [0.1, 0.15) is 37.1 Å². The van der Waals surface area contributed by atoms with Crippen molar-refractivity contribution >= 4 is 6.03 Å². The smallest absolute Gasteiger partial charge is 0.317 e. The Morgan fingerprint density at radius 2 is 2.24 bits per heavy atom. The molecular formula is C16H25N3O2. The van der Waals surface area contributed by atoms with Gasteiger partial charge in [0.2, 0.25) is 0 Å². The summed E-state index contributed by atoms with van der Waals surface area (Å²) in [5, 5.41) is 12.9. The van der Waals surface area contributed by atoms with Gasteiger partial charge >= 0.3 is 6.03 Å². The average Bonchev–Trinajstić information content (AvgIpc) is 2.89. The predicted molar refractivity (Wildman–Crippen MR) is 81.9 cm³/mol. The Bertz CT molecular complexity index is 523. The molecule has 2 rings (SSSR count). The fraction of sp³-hybridized carbons (Fsp3) is 0.625. The topological polar surface area (TPSA) is 65.5 Å². The van der Waals surface area contributed by atoms with Gasteiger partial charge in [0.15, 0.2) is 0 Å². The first-order chi connectivity index (χ1) is 9.77. The van der Waals surface area contributed by atoms with Gasteiger partial charge < -0.3 is 15.3 Å². The summed E-state index contributed by atoms with van der Waals surface area (Å²) < 4.78 is 0. The number of urea groups is 1. The number of hydrogen-bond donors (Lipinski definition) is 2. The Morgan fingerprint density at radius 1 is 1.52 bits per heavy atom. The minimum absolute atomic E-state index is 0.0695. The van der Waals surface area contributed by atoms with E-state index in [9.17, 15) is 9.90 Å². The van der Waals surface area contributed by atoms with Crippen molar-refractivity contribution in [3.8, 4) is 0 Å². The molecule has 1 aromatic heterocycles. The minimum atomic E-state index is -0.729. The van der Waals surface area contributed by atoms with E-state index in [4.69, 9.17) is 0 Å². The van der Waals surface area contributed by atoms with Crippen LogP contribution in [0.4, 0.5) is 4.79 Å². The van der Waals surface area contributed by atoms with Crippen molar-refractivity contribution in [2.45, 2.75) is 46.3 Å². The third-order valence-corrected chi connectivity index (χ3v) is 4.31. The second kappa shape index (κ2) is 6.02. The summed E-state index contributed by atoms with van der Waals surface area (Å²) in [7, 11) is 0. The van der Waals surface area contributed by atoms with Crippen LogP contribution < -0.4 is 5.32 Å². The number of pyridine rings is 1. The number of carbonyl (C=O) groups is 1. The van der Waals surface area contributed by atoms with Gasteiger partial charge in [0.05, 0.1) is 5.60 Å². The SMILES string of the molecule is Cc1cc(CNC(=O)N2CC[C@@H](C(C)(C)O)C2)cnc1C. The lowest BCUT2D eigenvalue weighted by molar-refractivity contribution is 0.0225. The molecule has 21 heavy (non-hydrogen) atoms. The highest BCUT2D eigenvalue weighted by Crippen LogP contribution is 2.26. The monoisotopic (exact) mass is 291 g/mol. The zero-order valence-electron chi connectivity index (χ0n) is 13.3. The van der Waals surface area contributed by atoms with Gasteiger partial charge in [-0.3, -0.25) is 4.98 Å². The fourth-order valence-corrected chi connectivity index (χ4v) is 2.61. The Morgan fingerprint density at radius 3 is 2.81 bits per heavy atom. The van der Waals surface area contributed by atoms with Crippen LogP contribution in [0.3, 0.4) is 0 Å². The molecule has 1 fully saturated rings. The van der Waals surface area contributed by atoms with Crippen LogP contribution >= 0.6 is 0 Å². The summed E-state index contributed by atoms with van der Waals surface area (Å²) in [5.41, 5.74) is 2.42. The molecule has 0 aliphatic carbocycles. The van der Waals surface area contributed by atoms with Crippen LogP contribution in [-0.2, 0) is 6.54 Å². The summed E-state index contributed by atoms with van der Waals surface area (Å²) in [4.78, 5) is 18.2. The molecule has 116 valence electrons. The van der Waals surface area contributed by atoms with Gasteiger partial charge in [-0.2, -0.15) is 0 Å². The summed E-state index contributed by atoms with van der Waals surface area (Å²) in [6.45, 7) is 9.39. The molecule has 1 saturated heterocycles. The van der Waals surface area contributed by atoms with Gasteiger partial charge in [-0.25, -0.2) is 4.79 Å². The zero-order chi connectivity index (χ0) is 15.6. The van der Waals surface area contributed by atoms with Crippen molar-refractivity contribution in [3.63, 3.8) is 0 Å². The Kier molecular flexibility index (Phi) is 4.52. The first kappa shape index (κ1) is 15.8. The molecule has 1 atom stereocenters. The summed E-state index contributed by atoms with van der Waals surface area (Å²) in [6.07, 6.45) is 2.65. The Hall–Kier alpha value is -1.62. The van der Waals surface area contributed by atoms with E-state index in [0.29, 0.717) is 19.6 Å². The summed E-state index contributed by atoms with van der Waals surface area (Å²) in [6, 6.07) is 1.98. The Balaban J connectivity index is 1.87. The Labute approximate surface area is 126 Å². The lowest BCUT2D eigenvalue weighted by Gasteiger charge is -2.25. The number of rotatable bonds is 3. The van der Waals surface area contributed by atoms with Crippen molar-refractivity contribution in [1.29, 1.82) is 0 Å². The van der Waals surface area contributed by atoms with Crippen molar-refractivity contribution in [3.05, 3.63) is 29.1 Å². The second-order valence-electron chi connectivity index (χ2n) is 6.49. The molecule has 0 bridgehead atoms. The highest BCUT2D eigenvalue weighted by molar-refractivity contribution is 5.74. The number of nitrogens with zero attached hydrogens (tertiary/aromatic N) is 2. The maximum absolute atomic E-state index is 12.2. The number of amides is 2. The lowest BCUT2D eigenvalue weighted by Crippen LogP contribution is -2.40. The maximum Gasteiger partial charge on any atom is 0.317 e. The molecule has 0 saturated carbocycles. The third kappa shape index (κ3) is 3.94. The number of nitrogens with one attached hydrogen (secondary N) is 1. The summed E-state index contributed by atoms with van der Waals surface area (Å²) in [5.74, 6) is 0.145. The van der Waals surface area contributed by atoms with Crippen molar-refractivity contribution in [1.82, 2.24) is 15.2 Å². The lowest BCUT2D eigenvalue weighted by atomic mass is 9.91. The van der Waals surface area contributed by atoms with Gasteiger partial charge in [-0.15, -0.1) is 0 Å². The van der Waals surface area contributed by atoms with Crippen LogP contribution in [0.5, 0.6) is 0 Å². The molecule has 0 spiro atoms. The number of likely N-dealkylation sites (tertiary alicyclic amines) is 1. The van der Waals surface area contributed by atoms with E-state index < -0.39 is 5.60 Å². The maximum atomic E-state index is 12.2. The average molecular weight is 291 g/mol. The quantitative estimate of drug-likeness (QED) is 0.895. The zero-order valence-corrected chi connectivity index (χ0v) is 13.3. The first-order valence-corrected chi connectivity index (χ1v) is 7.44. The number of aromatic nitrogens is 1. The largest absolute Gasteiger partial charge is 0.390 e. The molecule has 1 aliphatic rings. The molecule has 0 aromatic carbocycles. The number of aliphatic hydroxyl groups is 1. The molecule has 5 heteroatoms. The molecule has 1 aliphatic heterocycles. The van der Waals surface area contributed by atoms with E-state index in [2.05, 4.69) is 10.3 Å². The standard InChI is InChI=1S/C16H25N3O2/c1-11-7-13(8-17-12(11)2)9-18-15(20)19-6-5-14(10-19)16(3,4)21/h7-8,14,21H,5-6,9-10H2,1-4H3,(H,18,20)/t14-/m1/s1. The molecule has 2 N–H and O–H groups in total. The molecule has 0 radical (unpaired) electrons. The highest BCUT2D eigenvalue weighted by Gasteiger charge is 2.35.